The molecule has 5 nitrogen and oxygen atoms in total. The predicted octanol–water partition coefficient (Wildman–Crippen LogP) is 1.96. The summed E-state index contributed by atoms with van der Waals surface area (Å²) in [5.74, 6) is 0.0711. The molecule has 1 N–H and O–H groups in total. The molecular formula is C12H14ClNO4S2. The fourth-order valence-corrected chi connectivity index (χ4v) is 5.15. The molecule has 1 aromatic rings. The van der Waals surface area contributed by atoms with Crippen LogP contribution in [-0.2, 0) is 9.84 Å². The molecule has 20 heavy (non-hydrogen) atoms. The van der Waals surface area contributed by atoms with E-state index in [0.29, 0.717) is 23.0 Å². The lowest BCUT2D eigenvalue weighted by atomic mass is 10.1. The van der Waals surface area contributed by atoms with E-state index in [2.05, 4.69) is 0 Å². The average molecular weight is 336 g/mol. The summed E-state index contributed by atoms with van der Waals surface area (Å²) >= 11 is 7.37. The number of carboxylic acids is 1. The minimum atomic E-state index is -3.30. The summed E-state index contributed by atoms with van der Waals surface area (Å²) in [5.41, 5.74) is 0.427. The fraction of sp³-hybridized carbons (Fsp3) is 0.417. The van der Waals surface area contributed by atoms with E-state index in [-0.39, 0.29) is 5.56 Å². The number of anilines is 1. The van der Waals surface area contributed by atoms with Gasteiger partial charge >= 0.3 is 5.97 Å². The van der Waals surface area contributed by atoms with Gasteiger partial charge in [-0.05, 0) is 18.2 Å². The van der Waals surface area contributed by atoms with Gasteiger partial charge in [0.15, 0.2) is 9.84 Å². The zero-order chi connectivity index (χ0) is 14.9. The maximum atomic E-state index is 11.9. The van der Waals surface area contributed by atoms with Crippen LogP contribution in [0.5, 0.6) is 0 Å². The van der Waals surface area contributed by atoms with Crippen molar-refractivity contribution in [1.29, 1.82) is 0 Å². The van der Waals surface area contributed by atoms with Crippen LogP contribution in [0, 0.1) is 0 Å². The van der Waals surface area contributed by atoms with Crippen LogP contribution in [0.3, 0.4) is 0 Å². The van der Waals surface area contributed by atoms with Crippen molar-refractivity contribution in [1.82, 2.24) is 0 Å². The molecule has 0 aromatic heterocycles. The Morgan fingerprint density at radius 1 is 1.50 bits per heavy atom. The van der Waals surface area contributed by atoms with Crippen molar-refractivity contribution >= 4 is 44.9 Å². The van der Waals surface area contributed by atoms with Gasteiger partial charge in [-0.1, -0.05) is 11.6 Å². The van der Waals surface area contributed by atoms with Gasteiger partial charge in [0.05, 0.1) is 11.3 Å². The SMILES string of the molecule is CS(=O)(=O)C1CSCCN1c1ccc(Cl)cc1C(=O)O. The Hall–Kier alpha value is -0.920. The summed E-state index contributed by atoms with van der Waals surface area (Å²) in [6.07, 6.45) is 1.17. The number of carbonyl (C=O) groups is 1. The van der Waals surface area contributed by atoms with Crippen LogP contribution in [0.2, 0.25) is 5.02 Å². The van der Waals surface area contributed by atoms with E-state index in [1.54, 1.807) is 28.8 Å². The number of carboxylic acid groups (broad SMARTS) is 1. The van der Waals surface area contributed by atoms with Crippen LogP contribution in [0.4, 0.5) is 5.69 Å². The van der Waals surface area contributed by atoms with Gasteiger partial charge in [0, 0.05) is 29.3 Å². The highest BCUT2D eigenvalue weighted by Gasteiger charge is 2.33. The molecule has 1 saturated heterocycles. The summed E-state index contributed by atoms with van der Waals surface area (Å²) in [5, 5.41) is 8.88. The number of nitrogens with zero attached hydrogens (tertiary/aromatic N) is 1. The molecule has 0 amide bonds. The van der Waals surface area contributed by atoms with Gasteiger partial charge in [0.25, 0.3) is 0 Å². The minimum Gasteiger partial charge on any atom is -0.478 e. The molecule has 1 atom stereocenters. The van der Waals surface area contributed by atoms with Crippen molar-refractivity contribution in [3.63, 3.8) is 0 Å². The first-order chi connectivity index (χ1) is 9.30. The van der Waals surface area contributed by atoms with E-state index < -0.39 is 21.2 Å². The maximum absolute atomic E-state index is 11.9. The largest absolute Gasteiger partial charge is 0.478 e. The lowest BCUT2D eigenvalue weighted by Gasteiger charge is -2.36. The van der Waals surface area contributed by atoms with Gasteiger partial charge in [-0.2, -0.15) is 11.8 Å². The highest BCUT2D eigenvalue weighted by Crippen LogP contribution is 2.31. The van der Waals surface area contributed by atoms with Crippen LogP contribution in [0.25, 0.3) is 0 Å². The van der Waals surface area contributed by atoms with E-state index in [1.807, 2.05) is 0 Å². The third-order valence-corrected chi connectivity index (χ3v) is 5.96. The average Bonchev–Trinajstić information content (AvgIpc) is 2.37. The fourth-order valence-electron chi connectivity index (χ4n) is 2.14. The van der Waals surface area contributed by atoms with Crippen molar-refractivity contribution in [3.8, 4) is 0 Å². The number of thioether (sulfide) groups is 1. The van der Waals surface area contributed by atoms with Crippen LogP contribution in [0.15, 0.2) is 18.2 Å². The minimum absolute atomic E-state index is 0.0260. The second kappa shape index (κ2) is 5.83. The van der Waals surface area contributed by atoms with Gasteiger partial charge in [-0.25, -0.2) is 13.2 Å². The van der Waals surface area contributed by atoms with E-state index in [1.165, 1.54) is 12.3 Å². The summed E-state index contributed by atoms with van der Waals surface area (Å²) in [4.78, 5) is 13.0. The molecule has 1 heterocycles. The molecule has 1 aromatic carbocycles. The normalized spacial score (nSPS) is 19.9. The van der Waals surface area contributed by atoms with Gasteiger partial charge in [0.2, 0.25) is 0 Å². The van der Waals surface area contributed by atoms with Crippen molar-refractivity contribution in [2.75, 3.05) is 29.2 Å². The quantitative estimate of drug-likeness (QED) is 0.910. The molecule has 8 heteroatoms. The topological polar surface area (TPSA) is 74.7 Å². The Bertz CT molecular complexity index is 632. The van der Waals surface area contributed by atoms with Crippen LogP contribution >= 0.6 is 23.4 Å². The molecule has 0 radical (unpaired) electrons. The lowest BCUT2D eigenvalue weighted by molar-refractivity contribution is 0.0697. The number of benzene rings is 1. The number of rotatable bonds is 3. The highest BCUT2D eigenvalue weighted by molar-refractivity contribution is 8.01. The zero-order valence-electron chi connectivity index (χ0n) is 10.7. The van der Waals surface area contributed by atoms with E-state index in [0.717, 1.165) is 5.75 Å². The third kappa shape index (κ3) is 3.21. The second-order valence-electron chi connectivity index (χ2n) is 4.52. The zero-order valence-corrected chi connectivity index (χ0v) is 13.1. The molecule has 0 aliphatic carbocycles. The Kier molecular flexibility index (Phi) is 4.51. The van der Waals surface area contributed by atoms with Gasteiger partial charge in [-0.3, -0.25) is 0 Å². The molecule has 1 aliphatic rings. The maximum Gasteiger partial charge on any atom is 0.337 e. The van der Waals surface area contributed by atoms with Crippen LogP contribution in [0.1, 0.15) is 10.4 Å². The smallest absolute Gasteiger partial charge is 0.337 e. The Morgan fingerprint density at radius 2 is 2.20 bits per heavy atom. The number of hydrogen-bond donors (Lipinski definition) is 1. The molecule has 0 spiro atoms. The number of aromatic carboxylic acids is 1. The highest BCUT2D eigenvalue weighted by atomic mass is 35.5. The molecule has 1 fully saturated rings. The van der Waals surface area contributed by atoms with Gasteiger partial charge in [-0.15, -0.1) is 0 Å². The van der Waals surface area contributed by atoms with Gasteiger partial charge < -0.3 is 10.0 Å². The molecule has 0 bridgehead atoms. The first-order valence-corrected chi connectivity index (χ1v) is 9.35. The summed E-state index contributed by atoms with van der Waals surface area (Å²) in [7, 11) is -3.30. The van der Waals surface area contributed by atoms with E-state index in [9.17, 15) is 18.3 Å². The second-order valence-corrected chi connectivity index (χ2v) is 8.31. The van der Waals surface area contributed by atoms with Crippen molar-refractivity contribution < 1.29 is 18.3 Å². The Morgan fingerprint density at radius 3 is 2.80 bits per heavy atom. The molecule has 2 rings (SSSR count). The van der Waals surface area contributed by atoms with Crippen molar-refractivity contribution in [3.05, 3.63) is 28.8 Å². The van der Waals surface area contributed by atoms with Crippen LogP contribution < -0.4 is 4.90 Å². The molecule has 0 saturated carbocycles. The van der Waals surface area contributed by atoms with Crippen LogP contribution in [-0.4, -0.2) is 49.2 Å². The van der Waals surface area contributed by atoms with Gasteiger partial charge in [0.1, 0.15) is 5.37 Å². The Labute approximate surface area is 126 Å². The van der Waals surface area contributed by atoms with E-state index >= 15 is 0 Å². The summed E-state index contributed by atoms with van der Waals surface area (Å²) in [6, 6.07) is 4.49. The number of sulfone groups is 1. The van der Waals surface area contributed by atoms with Crippen molar-refractivity contribution in [2.45, 2.75) is 5.37 Å². The first-order valence-electron chi connectivity index (χ1n) is 5.87. The molecule has 110 valence electrons. The monoisotopic (exact) mass is 335 g/mol. The predicted molar refractivity (Wildman–Crippen MR) is 81.7 cm³/mol. The lowest BCUT2D eigenvalue weighted by Crippen LogP contribution is -2.47. The summed E-state index contributed by atoms with van der Waals surface area (Å²) in [6.45, 7) is 0.490. The third-order valence-electron chi connectivity index (χ3n) is 3.08. The molecular weight excluding hydrogens is 322 g/mol. The number of halogens is 1. The summed E-state index contributed by atoms with van der Waals surface area (Å²) < 4.78 is 23.8. The Balaban J connectivity index is 2.50. The molecule has 1 unspecified atom stereocenters. The molecule has 1 aliphatic heterocycles. The standard InChI is InChI=1S/C12H14ClNO4S2/c1-20(17,18)11-7-19-5-4-14(11)10-3-2-8(13)6-9(10)12(15)16/h2-3,6,11H,4-5,7H2,1H3,(H,15,16). The van der Waals surface area contributed by atoms with Crippen molar-refractivity contribution in [2.24, 2.45) is 0 Å². The van der Waals surface area contributed by atoms with E-state index in [4.69, 9.17) is 11.6 Å². The first kappa shape index (κ1) is 15.5. The number of hydrogen-bond acceptors (Lipinski definition) is 5.